The van der Waals surface area contributed by atoms with Gasteiger partial charge in [-0.3, -0.25) is 0 Å². The Balaban J connectivity index is -0.0000000186. The molecule has 0 aromatic carbocycles. The first kappa shape index (κ1) is 69.7. The van der Waals surface area contributed by atoms with Crippen molar-refractivity contribution in [3.05, 3.63) is 82.2 Å². The normalized spacial score (nSPS) is 13.0. The van der Waals surface area contributed by atoms with E-state index in [0.717, 1.165) is 14.5 Å². The summed E-state index contributed by atoms with van der Waals surface area (Å²) in [6.45, 7) is 1.80. The summed E-state index contributed by atoms with van der Waals surface area (Å²) in [7, 11) is 0.739. The topological polar surface area (TPSA) is 20.3 Å². The van der Waals surface area contributed by atoms with Gasteiger partial charge in [0.05, 0.1) is 0 Å². The van der Waals surface area contributed by atoms with E-state index in [1.54, 1.807) is 109 Å². The second kappa shape index (κ2) is 52.5. The molecule has 11 heteroatoms. The Labute approximate surface area is 255 Å². The molecule has 0 radical (unpaired) electrons. The second-order valence-electron chi connectivity index (χ2n) is 2.32. The molecule has 1 aliphatic heterocycles. The Morgan fingerprint density at radius 2 is 1.15 bits per heavy atom. The molecule has 1 rings (SSSR count). The van der Waals surface area contributed by atoms with Crippen molar-refractivity contribution in [3.8, 4) is 0 Å². The maximum atomic E-state index is 11.8. The molecule has 0 saturated carbocycles. The SMILES string of the molecule is C[C-]=C1[C](=[W])C=C([C-]=[W])N(C)S1=O.[CH3-].[CH3-].[CH3-].[CH3-].[CH3-].[CH3-].[CH3-].[CH3-].[W]=[W].[W]=[W].[W]=[W]. The Morgan fingerprint density at radius 1 is 0.852 bits per heavy atom. The summed E-state index contributed by atoms with van der Waals surface area (Å²) in [6.07, 6.45) is 4.99. The van der Waals surface area contributed by atoms with Crippen molar-refractivity contribution in [2.75, 3.05) is 7.05 Å². The van der Waals surface area contributed by atoms with Crippen LogP contribution >= 0.6 is 0 Å². The molecule has 27 heavy (non-hydrogen) atoms. The van der Waals surface area contributed by atoms with E-state index in [1.165, 1.54) is 38.7 Å². The maximum absolute atomic E-state index is 11.8. The van der Waals surface area contributed by atoms with Gasteiger partial charge in [-0.25, -0.2) is 0 Å². The first-order valence-corrected chi connectivity index (χ1v) is 41.0. The van der Waals surface area contributed by atoms with Gasteiger partial charge in [0.2, 0.25) is 0 Å². The third-order valence-corrected chi connectivity index (χ3v) is 5.47. The summed E-state index contributed by atoms with van der Waals surface area (Å²) in [4.78, 5) is 0.812. The van der Waals surface area contributed by atoms with E-state index in [-0.39, 0.29) is 59.4 Å². The van der Waals surface area contributed by atoms with Gasteiger partial charge in [-0.15, -0.1) is 0 Å². The van der Waals surface area contributed by atoms with Crippen LogP contribution in [0.1, 0.15) is 6.92 Å². The third kappa shape index (κ3) is 30.7. The van der Waals surface area contributed by atoms with Crippen molar-refractivity contribution in [2.24, 2.45) is 0 Å². The molecular formula is C16H31NOSW8-10. The van der Waals surface area contributed by atoms with Crippen molar-refractivity contribution < 1.29 is 140 Å². The van der Waals surface area contributed by atoms with Crippen molar-refractivity contribution in [1.82, 2.24) is 4.31 Å². The summed E-state index contributed by atoms with van der Waals surface area (Å²) in [6, 6.07) is 0. The molecule has 0 bridgehead atoms. The standard InChI is InChI=1S/C8H7NOS.8CH3.8W/c1-4-8-6-5-7(2)9(3)11(8)10;;;;;;;;;;;;;;;;/h5H,1,3H3;8*1H3;;;;;;;;/q-2;8*-1;;;;;;;;. The summed E-state index contributed by atoms with van der Waals surface area (Å²) >= 11 is 12.6. The van der Waals surface area contributed by atoms with Crippen LogP contribution in [0.25, 0.3) is 0 Å². The van der Waals surface area contributed by atoms with Gasteiger partial charge in [-0.2, -0.15) is 0 Å². The number of nitrogens with zero attached hydrogens (tertiary/aromatic N) is 1. The zero-order chi connectivity index (χ0) is 16.0. The molecule has 170 valence electrons. The zero-order valence-corrected chi connectivity index (χ0v) is 41.9. The minimum absolute atomic E-state index is 0. The monoisotopic (exact) mass is 1760 g/mol. The van der Waals surface area contributed by atoms with E-state index in [1.807, 2.05) is 13.1 Å². The fraction of sp³-hybridized carbons (Fsp3) is 0.125. The van der Waals surface area contributed by atoms with E-state index < -0.39 is 11.0 Å². The van der Waals surface area contributed by atoms with Crippen LogP contribution in [-0.2, 0) is 147 Å². The molecule has 0 spiro atoms. The quantitative estimate of drug-likeness (QED) is 0.368. The molecule has 0 saturated heterocycles. The van der Waals surface area contributed by atoms with Gasteiger partial charge in [-0.1, -0.05) is 0 Å². The van der Waals surface area contributed by atoms with Crippen molar-refractivity contribution >= 4 is 19.3 Å². The Bertz CT molecular complexity index is 399. The van der Waals surface area contributed by atoms with E-state index in [9.17, 15) is 4.21 Å². The minimum atomic E-state index is -1.08. The summed E-state index contributed by atoms with van der Waals surface area (Å²) in [5.41, 5.74) is 0.928. The Kier molecular flexibility index (Phi) is 136. The molecule has 1 atom stereocenters. The Morgan fingerprint density at radius 3 is 1.37 bits per heavy atom. The first-order chi connectivity index (χ1) is 9.11. The number of hydrogen-bond donors (Lipinski definition) is 0. The number of allylic oxidation sites excluding steroid dienone is 4. The van der Waals surface area contributed by atoms with E-state index in [2.05, 4.69) is 10.5 Å². The van der Waals surface area contributed by atoms with Gasteiger partial charge in [-0.05, 0) is 0 Å². The third-order valence-electron chi connectivity index (χ3n) is 1.59. The molecule has 0 aliphatic carbocycles. The average molecular weight is 1760 g/mol. The molecule has 0 aromatic heterocycles. The number of rotatable bonds is 1. The van der Waals surface area contributed by atoms with E-state index in [4.69, 9.17) is 0 Å². The number of hydrogen-bond acceptors (Lipinski definition) is 1. The molecule has 1 aliphatic rings. The molecular weight excluding hydrogens is 1720 g/mol. The predicted octanol–water partition coefficient (Wildman–Crippen LogP) is 3.72. The van der Waals surface area contributed by atoms with Crippen LogP contribution in [0.2, 0.25) is 0 Å². The predicted molar refractivity (Wildman–Crippen MR) is 97.7 cm³/mol. The summed E-state index contributed by atoms with van der Waals surface area (Å²) in [5.74, 6) is 0. The first-order valence-electron chi connectivity index (χ1n) is 3.96. The van der Waals surface area contributed by atoms with Crippen LogP contribution < -0.4 is 0 Å². The van der Waals surface area contributed by atoms with Gasteiger partial charge < -0.3 is 59.4 Å². The van der Waals surface area contributed by atoms with Gasteiger partial charge in [0.15, 0.2) is 0 Å². The molecule has 2 nitrogen and oxygen atoms in total. The van der Waals surface area contributed by atoms with Crippen molar-refractivity contribution in [3.63, 3.8) is 0 Å². The molecule has 1 heterocycles. The van der Waals surface area contributed by atoms with Crippen LogP contribution in [0.15, 0.2) is 16.7 Å². The Hall–Kier alpha value is 4.68. The van der Waals surface area contributed by atoms with Gasteiger partial charge in [0.1, 0.15) is 0 Å². The van der Waals surface area contributed by atoms with E-state index >= 15 is 0 Å². The summed E-state index contributed by atoms with van der Waals surface area (Å²) < 4.78 is 17.7. The fourth-order valence-corrected chi connectivity index (χ4v) is 4.32. The van der Waals surface area contributed by atoms with Crippen molar-refractivity contribution in [2.45, 2.75) is 6.92 Å². The van der Waals surface area contributed by atoms with Crippen LogP contribution in [-0.4, -0.2) is 23.9 Å². The van der Waals surface area contributed by atoms with Gasteiger partial charge >= 0.3 is 201 Å². The second-order valence-corrected chi connectivity index (χ2v) is 6.09. The van der Waals surface area contributed by atoms with Crippen molar-refractivity contribution in [1.29, 1.82) is 0 Å². The molecule has 0 aromatic rings. The van der Waals surface area contributed by atoms with Crippen LogP contribution in [0.5, 0.6) is 0 Å². The van der Waals surface area contributed by atoms with Crippen LogP contribution in [0, 0.1) is 65.5 Å². The van der Waals surface area contributed by atoms with Crippen LogP contribution in [0.4, 0.5) is 0 Å². The molecule has 1 unspecified atom stereocenters. The summed E-state index contributed by atoms with van der Waals surface area (Å²) in [5, 5.41) is 0. The molecule has 0 amide bonds. The average Bonchev–Trinajstić information content (AvgIpc) is 2.49. The molecule has 0 fully saturated rings. The molecule has 0 N–H and O–H groups in total. The van der Waals surface area contributed by atoms with Gasteiger partial charge in [0.25, 0.3) is 0 Å². The fourth-order valence-electron chi connectivity index (χ4n) is 0.897. The van der Waals surface area contributed by atoms with E-state index in [0.29, 0.717) is 0 Å². The zero-order valence-electron chi connectivity index (χ0n) is 17.6. The van der Waals surface area contributed by atoms with Gasteiger partial charge in [0, 0.05) is 0 Å². The van der Waals surface area contributed by atoms with Crippen LogP contribution in [0.3, 0.4) is 0 Å².